The Kier molecular flexibility index (Phi) is 9.30. The minimum Gasteiger partial charge on any atom is -0.490 e. The van der Waals surface area contributed by atoms with Gasteiger partial charge in [-0.3, -0.25) is 14.5 Å². The van der Waals surface area contributed by atoms with Crippen molar-refractivity contribution in [3.63, 3.8) is 0 Å². The fourth-order valence-electron chi connectivity index (χ4n) is 7.38. The Balaban J connectivity index is 1.12. The largest absolute Gasteiger partial charge is 0.490 e. The van der Waals surface area contributed by atoms with Crippen LogP contribution in [0.5, 0.6) is 5.75 Å². The summed E-state index contributed by atoms with van der Waals surface area (Å²) in [6.07, 6.45) is 1.27. The number of likely N-dealkylation sites (N-methyl/N-ethyl adjacent to an activating group) is 1. The topological polar surface area (TPSA) is 142 Å². The predicted octanol–water partition coefficient (Wildman–Crippen LogP) is 2.88. The molecule has 7 rings (SSSR count). The number of halogens is 2. The Labute approximate surface area is 294 Å². The van der Waals surface area contributed by atoms with E-state index in [9.17, 15) is 22.8 Å². The maximum atomic E-state index is 16.0. The van der Waals surface area contributed by atoms with E-state index < -0.39 is 39.2 Å². The van der Waals surface area contributed by atoms with Crippen LogP contribution in [0.3, 0.4) is 0 Å². The van der Waals surface area contributed by atoms with Crippen molar-refractivity contribution in [2.75, 3.05) is 71.5 Å². The van der Waals surface area contributed by atoms with Gasteiger partial charge in [0.05, 0.1) is 48.2 Å². The van der Waals surface area contributed by atoms with Crippen LogP contribution in [0.1, 0.15) is 45.2 Å². The molecule has 4 heterocycles. The Morgan fingerprint density at radius 1 is 1.06 bits per heavy atom. The highest BCUT2D eigenvalue weighted by Gasteiger charge is 2.49. The molecule has 2 saturated heterocycles. The lowest BCUT2D eigenvalue weighted by Gasteiger charge is -2.40. The Morgan fingerprint density at radius 2 is 1.80 bits per heavy atom. The number of nitrogens with one attached hydrogen (secondary N) is 1. The average molecular weight is 732 g/mol. The number of nitrogens with zero attached hydrogens (tertiary/aromatic N) is 4. The van der Waals surface area contributed by atoms with Crippen LogP contribution in [0.15, 0.2) is 33.5 Å². The monoisotopic (exact) mass is 731 g/mol. The molecule has 1 N–H and O–H groups in total. The molecule has 0 bridgehead atoms. The van der Waals surface area contributed by atoms with Crippen LogP contribution in [0.4, 0.5) is 10.1 Å². The van der Waals surface area contributed by atoms with Gasteiger partial charge < -0.3 is 23.7 Å². The normalized spacial score (nSPS) is 22.4. The molecule has 3 fully saturated rings. The summed E-state index contributed by atoms with van der Waals surface area (Å²) in [7, 11) is -0.419. The van der Waals surface area contributed by atoms with Crippen molar-refractivity contribution in [1.29, 1.82) is 0 Å². The van der Waals surface area contributed by atoms with E-state index in [0.29, 0.717) is 60.5 Å². The number of methoxy groups -OCH3 is 1. The van der Waals surface area contributed by atoms with E-state index in [1.807, 2.05) is 16.9 Å². The fourth-order valence-corrected chi connectivity index (χ4v) is 8.96. The highest BCUT2D eigenvalue weighted by Crippen LogP contribution is 2.45. The summed E-state index contributed by atoms with van der Waals surface area (Å²) in [5.74, 6) is -2.80. The third-order valence-electron chi connectivity index (χ3n) is 10.3. The quantitative estimate of drug-likeness (QED) is 0.327. The smallest absolute Gasteiger partial charge is 0.341 e. The summed E-state index contributed by atoms with van der Waals surface area (Å²) in [6.45, 7) is 5.03. The van der Waals surface area contributed by atoms with E-state index in [-0.39, 0.29) is 48.0 Å². The molecular weight excluding hydrogens is 693 g/mol. The van der Waals surface area contributed by atoms with Crippen molar-refractivity contribution in [3.05, 3.63) is 67.8 Å². The summed E-state index contributed by atoms with van der Waals surface area (Å²) in [6, 6.07) is 6.26. The van der Waals surface area contributed by atoms with Gasteiger partial charge in [-0.05, 0) is 68.5 Å². The van der Waals surface area contributed by atoms with Gasteiger partial charge in [0.2, 0.25) is 0 Å². The van der Waals surface area contributed by atoms with Crippen LogP contribution < -0.4 is 20.0 Å². The number of carbonyl (C=O) groups is 2. The number of hydrogen-bond acceptors (Lipinski definition) is 10. The number of amides is 2. The number of piperazine rings is 1. The zero-order chi connectivity index (χ0) is 35.5. The first-order valence-corrected chi connectivity index (χ1v) is 18.5. The molecule has 1 saturated carbocycles. The fraction of sp³-hybridized carbons (Fsp3) is 0.500. The summed E-state index contributed by atoms with van der Waals surface area (Å²) in [5.41, 5.74) is 0.639. The second-order valence-corrected chi connectivity index (χ2v) is 15.4. The molecular formula is C34H39ClFN5O8S. The van der Waals surface area contributed by atoms with Crippen LogP contribution in [0.25, 0.3) is 11.0 Å². The van der Waals surface area contributed by atoms with Crippen molar-refractivity contribution < 1.29 is 36.3 Å². The number of benzene rings is 2. The molecule has 0 spiro atoms. The molecule has 1 aromatic heterocycles. The van der Waals surface area contributed by atoms with Crippen LogP contribution in [0, 0.1) is 17.7 Å². The molecule has 50 heavy (non-hydrogen) atoms. The summed E-state index contributed by atoms with van der Waals surface area (Å²) >= 11 is 6.88. The van der Waals surface area contributed by atoms with E-state index in [4.69, 9.17) is 25.5 Å². The number of carbonyl (C=O) groups excluding carboxylic acids is 2. The highest BCUT2D eigenvalue weighted by atomic mass is 35.5. The third kappa shape index (κ3) is 6.23. The summed E-state index contributed by atoms with van der Waals surface area (Å²) in [4.78, 5) is 45.9. The standard InChI is InChI=1S/C34H39ClFN5O8S/c1-4-48-31-25(32(42)37-50(45,46)41-14-19-13-20(19)15-41)6-5-24(29(31)36)33(43)40-10-9-22-23-7-8-27(28(35)30(23)49-34(44)26(22)17-40)39-12-11-38(2)21(16-39)18-47-3/h5-8,19-21H,4,9-18H2,1-3H3,(H,37,42)/t19?,20?,21-/m1/s1. The van der Waals surface area contributed by atoms with Gasteiger partial charge in [-0.25, -0.2) is 13.9 Å². The van der Waals surface area contributed by atoms with Gasteiger partial charge in [0.15, 0.2) is 17.1 Å². The summed E-state index contributed by atoms with van der Waals surface area (Å²) in [5, 5.41) is 1.00. The molecule has 2 aromatic carbocycles. The zero-order valence-electron chi connectivity index (χ0n) is 28.0. The molecule has 13 nitrogen and oxygen atoms in total. The molecule has 2 unspecified atom stereocenters. The lowest BCUT2D eigenvalue weighted by atomic mass is 9.96. The van der Waals surface area contributed by atoms with Crippen molar-refractivity contribution in [1.82, 2.24) is 18.8 Å². The van der Waals surface area contributed by atoms with Crippen LogP contribution >= 0.6 is 11.6 Å². The van der Waals surface area contributed by atoms with Crippen LogP contribution in [-0.4, -0.2) is 107 Å². The lowest BCUT2D eigenvalue weighted by molar-refractivity contribution is 0.0726. The molecule has 2 amide bonds. The Morgan fingerprint density at radius 3 is 2.52 bits per heavy atom. The first-order chi connectivity index (χ1) is 23.9. The number of piperidine rings is 1. The minimum atomic E-state index is -4.14. The molecule has 3 aromatic rings. The van der Waals surface area contributed by atoms with E-state index in [1.54, 1.807) is 14.0 Å². The Hall–Kier alpha value is -3.76. The second-order valence-electron chi connectivity index (χ2n) is 13.4. The van der Waals surface area contributed by atoms with Gasteiger partial charge >= 0.3 is 15.8 Å². The lowest BCUT2D eigenvalue weighted by Crippen LogP contribution is -2.53. The van der Waals surface area contributed by atoms with Gasteiger partial charge in [-0.2, -0.15) is 12.7 Å². The number of fused-ring (bicyclic) bond motifs is 4. The van der Waals surface area contributed by atoms with Gasteiger partial charge in [0, 0.05) is 51.8 Å². The third-order valence-corrected chi connectivity index (χ3v) is 12.1. The molecule has 1 aliphatic carbocycles. The van der Waals surface area contributed by atoms with Crippen LogP contribution in [-0.2, 0) is 27.9 Å². The molecule has 4 aliphatic rings. The first kappa shape index (κ1) is 34.7. The van der Waals surface area contributed by atoms with Crippen molar-refractivity contribution in [2.45, 2.75) is 32.4 Å². The SMILES string of the molecule is CCOc1c(C(=O)NS(=O)(=O)N2CC3CC3C2)ccc(C(=O)N2CCc3c(c(=O)oc4c(Cl)c(N5CCN(C)[C@@H](COC)C5)ccc34)C2)c1F. The first-order valence-electron chi connectivity index (χ1n) is 16.7. The maximum Gasteiger partial charge on any atom is 0.341 e. The van der Waals surface area contributed by atoms with E-state index >= 15 is 4.39 Å². The molecule has 16 heteroatoms. The van der Waals surface area contributed by atoms with Crippen molar-refractivity contribution in [2.24, 2.45) is 11.8 Å². The zero-order valence-corrected chi connectivity index (χ0v) is 29.6. The van der Waals surface area contributed by atoms with Crippen molar-refractivity contribution >= 4 is 50.3 Å². The van der Waals surface area contributed by atoms with Gasteiger partial charge in [-0.15, -0.1) is 0 Å². The molecule has 3 atom stereocenters. The number of ether oxygens (including phenoxy) is 2. The maximum absolute atomic E-state index is 16.0. The van der Waals surface area contributed by atoms with E-state index in [2.05, 4.69) is 16.8 Å². The van der Waals surface area contributed by atoms with Gasteiger partial charge in [-0.1, -0.05) is 11.6 Å². The van der Waals surface area contributed by atoms with Gasteiger partial charge in [0.1, 0.15) is 5.02 Å². The second kappa shape index (κ2) is 13.4. The highest BCUT2D eigenvalue weighted by molar-refractivity contribution is 7.87. The minimum absolute atomic E-state index is 0.0465. The summed E-state index contributed by atoms with van der Waals surface area (Å²) < 4.78 is 61.5. The Bertz CT molecular complexity index is 2030. The van der Waals surface area contributed by atoms with Crippen molar-refractivity contribution in [3.8, 4) is 5.75 Å². The number of anilines is 1. The molecule has 0 radical (unpaired) electrons. The molecule has 268 valence electrons. The van der Waals surface area contributed by atoms with E-state index in [1.165, 1.54) is 15.3 Å². The van der Waals surface area contributed by atoms with Gasteiger partial charge in [0.25, 0.3) is 11.8 Å². The number of rotatable bonds is 9. The van der Waals surface area contributed by atoms with Crippen LogP contribution in [0.2, 0.25) is 5.02 Å². The average Bonchev–Trinajstić information content (AvgIpc) is 3.70. The number of hydrogen-bond donors (Lipinski definition) is 1. The predicted molar refractivity (Wildman–Crippen MR) is 184 cm³/mol. The van der Waals surface area contributed by atoms with E-state index in [0.717, 1.165) is 31.3 Å². The molecule has 3 aliphatic heterocycles.